The molecule has 0 aliphatic carbocycles. The van der Waals surface area contributed by atoms with E-state index in [1.165, 1.54) is 19.1 Å². The second-order valence-corrected chi connectivity index (χ2v) is 5.20. The summed E-state index contributed by atoms with van der Waals surface area (Å²) in [5.74, 6) is 0.691. The van der Waals surface area contributed by atoms with E-state index in [1.54, 1.807) is 38.4 Å². The van der Waals surface area contributed by atoms with E-state index in [9.17, 15) is 9.59 Å². The molecule has 0 aliphatic heterocycles. The second kappa shape index (κ2) is 6.96. The number of hydrogen-bond acceptors (Lipinski definition) is 4. The van der Waals surface area contributed by atoms with Crippen molar-refractivity contribution in [3.05, 3.63) is 47.5 Å². The summed E-state index contributed by atoms with van der Waals surface area (Å²) >= 11 is 0. The van der Waals surface area contributed by atoms with Crippen LogP contribution in [-0.4, -0.2) is 45.4 Å². The molecular weight excluding hydrogens is 294 g/mol. The van der Waals surface area contributed by atoms with Crippen LogP contribution in [0.15, 0.2) is 36.4 Å². The van der Waals surface area contributed by atoms with Gasteiger partial charge >= 0.3 is 0 Å². The van der Waals surface area contributed by atoms with Crippen molar-refractivity contribution in [2.24, 2.45) is 0 Å². The molecule has 0 saturated heterocycles. The van der Waals surface area contributed by atoms with E-state index in [0.717, 1.165) is 17.4 Å². The van der Waals surface area contributed by atoms with Crippen LogP contribution in [0, 0.1) is 0 Å². The standard InChI is InChI=1S/C18H19NO4/c1-19(2)18(21)17-15(22-3)9-14(10-16(17)23-4)13-7-5-12(11-20)6-8-13/h5-11H,1-4H3. The molecule has 0 N–H and O–H groups in total. The van der Waals surface area contributed by atoms with Gasteiger partial charge in [0.15, 0.2) is 0 Å². The van der Waals surface area contributed by atoms with Crippen molar-refractivity contribution in [1.29, 1.82) is 0 Å². The average molecular weight is 313 g/mol. The summed E-state index contributed by atoms with van der Waals surface area (Å²) in [6, 6.07) is 10.7. The highest BCUT2D eigenvalue weighted by molar-refractivity contribution is 6.00. The summed E-state index contributed by atoms with van der Waals surface area (Å²) in [5.41, 5.74) is 2.72. The van der Waals surface area contributed by atoms with E-state index in [-0.39, 0.29) is 5.91 Å². The Morgan fingerprint density at radius 2 is 1.48 bits per heavy atom. The van der Waals surface area contributed by atoms with Crippen molar-refractivity contribution in [1.82, 2.24) is 4.90 Å². The molecule has 0 bridgehead atoms. The maximum atomic E-state index is 12.4. The summed E-state index contributed by atoms with van der Waals surface area (Å²) in [5, 5.41) is 0. The van der Waals surface area contributed by atoms with Gasteiger partial charge in [0.05, 0.1) is 14.2 Å². The predicted molar refractivity (Wildman–Crippen MR) is 88.4 cm³/mol. The van der Waals surface area contributed by atoms with E-state index >= 15 is 0 Å². The highest BCUT2D eigenvalue weighted by Gasteiger charge is 2.21. The first-order valence-corrected chi connectivity index (χ1v) is 7.05. The van der Waals surface area contributed by atoms with Crippen LogP contribution in [0.3, 0.4) is 0 Å². The van der Waals surface area contributed by atoms with Crippen LogP contribution in [0.2, 0.25) is 0 Å². The Bertz CT molecular complexity index is 695. The smallest absolute Gasteiger partial charge is 0.260 e. The lowest BCUT2D eigenvalue weighted by atomic mass is 10.0. The van der Waals surface area contributed by atoms with Crippen LogP contribution in [0.5, 0.6) is 11.5 Å². The third kappa shape index (κ3) is 3.34. The number of amides is 1. The second-order valence-electron chi connectivity index (χ2n) is 5.20. The van der Waals surface area contributed by atoms with Gasteiger partial charge in [-0.25, -0.2) is 0 Å². The summed E-state index contributed by atoms with van der Waals surface area (Å²) in [7, 11) is 6.38. The lowest BCUT2D eigenvalue weighted by molar-refractivity contribution is 0.0820. The van der Waals surface area contributed by atoms with Crippen LogP contribution >= 0.6 is 0 Å². The van der Waals surface area contributed by atoms with Crippen LogP contribution in [0.4, 0.5) is 0 Å². The van der Waals surface area contributed by atoms with Crippen molar-refractivity contribution in [2.45, 2.75) is 0 Å². The molecule has 5 nitrogen and oxygen atoms in total. The first-order valence-electron chi connectivity index (χ1n) is 7.05. The average Bonchev–Trinajstić information content (AvgIpc) is 2.59. The van der Waals surface area contributed by atoms with E-state index in [4.69, 9.17) is 9.47 Å². The normalized spacial score (nSPS) is 10.1. The molecule has 0 radical (unpaired) electrons. The summed E-state index contributed by atoms with van der Waals surface area (Å²) < 4.78 is 10.8. The minimum atomic E-state index is -0.193. The molecule has 0 aromatic heterocycles. The molecule has 2 aromatic carbocycles. The summed E-state index contributed by atoms with van der Waals surface area (Å²) in [4.78, 5) is 24.6. The molecule has 0 atom stereocenters. The van der Waals surface area contributed by atoms with E-state index < -0.39 is 0 Å². The molecule has 0 spiro atoms. The fourth-order valence-electron chi connectivity index (χ4n) is 2.27. The number of rotatable bonds is 5. The van der Waals surface area contributed by atoms with Gasteiger partial charge in [-0.2, -0.15) is 0 Å². The third-order valence-electron chi connectivity index (χ3n) is 3.51. The molecule has 23 heavy (non-hydrogen) atoms. The number of ether oxygens (including phenoxy) is 2. The number of benzene rings is 2. The van der Waals surface area contributed by atoms with Gasteiger partial charge in [-0.15, -0.1) is 0 Å². The quantitative estimate of drug-likeness (QED) is 0.797. The van der Waals surface area contributed by atoms with Crippen LogP contribution in [-0.2, 0) is 0 Å². The minimum Gasteiger partial charge on any atom is -0.496 e. The third-order valence-corrected chi connectivity index (χ3v) is 3.51. The highest BCUT2D eigenvalue weighted by atomic mass is 16.5. The first-order chi connectivity index (χ1) is 11.0. The van der Waals surface area contributed by atoms with Gasteiger partial charge in [0.25, 0.3) is 5.91 Å². The zero-order valence-corrected chi connectivity index (χ0v) is 13.6. The number of carbonyl (C=O) groups excluding carboxylic acids is 2. The molecular formula is C18H19NO4. The Kier molecular flexibility index (Phi) is 5.01. The summed E-state index contributed by atoms with van der Waals surface area (Å²) in [6.07, 6.45) is 0.795. The van der Waals surface area contributed by atoms with Crippen LogP contribution in [0.25, 0.3) is 11.1 Å². The predicted octanol–water partition coefficient (Wildman–Crippen LogP) is 2.89. The maximum Gasteiger partial charge on any atom is 0.260 e. The Balaban J connectivity index is 2.58. The van der Waals surface area contributed by atoms with Crippen molar-refractivity contribution in [3.63, 3.8) is 0 Å². The Labute approximate surface area is 135 Å². The lowest BCUT2D eigenvalue weighted by Crippen LogP contribution is -2.23. The van der Waals surface area contributed by atoms with Gasteiger partial charge in [0.1, 0.15) is 23.3 Å². The number of carbonyl (C=O) groups is 2. The Morgan fingerprint density at radius 1 is 0.957 bits per heavy atom. The molecule has 0 unspecified atom stereocenters. The molecule has 5 heteroatoms. The molecule has 2 aromatic rings. The van der Waals surface area contributed by atoms with Gasteiger partial charge in [-0.3, -0.25) is 9.59 Å². The maximum absolute atomic E-state index is 12.4. The monoisotopic (exact) mass is 313 g/mol. The first kappa shape index (κ1) is 16.5. The van der Waals surface area contributed by atoms with Gasteiger partial charge in [0.2, 0.25) is 0 Å². The van der Waals surface area contributed by atoms with E-state index in [2.05, 4.69) is 0 Å². The van der Waals surface area contributed by atoms with E-state index in [1.807, 2.05) is 12.1 Å². The van der Waals surface area contributed by atoms with Gasteiger partial charge in [0, 0.05) is 19.7 Å². The molecule has 120 valence electrons. The molecule has 0 heterocycles. The molecule has 0 fully saturated rings. The highest BCUT2D eigenvalue weighted by Crippen LogP contribution is 2.35. The molecule has 2 rings (SSSR count). The zero-order chi connectivity index (χ0) is 17.0. The lowest BCUT2D eigenvalue weighted by Gasteiger charge is -2.18. The number of nitrogens with zero attached hydrogens (tertiary/aromatic N) is 1. The van der Waals surface area contributed by atoms with Crippen molar-refractivity contribution in [2.75, 3.05) is 28.3 Å². The topological polar surface area (TPSA) is 55.8 Å². The number of hydrogen-bond donors (Lipinski definition) is 0. The minimum absolute atomic E-state index is 0.193. The van der Waals surface area contributed by atoms with Crippen molar-refractivity contribution in [3.8, 4) is 22.6 Å². The fraction of sp³-hybridized carbons (Fsp3) is 0.222. The fourth-order valence-corrected chi connectivity index (χ4v) is 2.27. The number of methoxy groups -OCH3 is 2. The van der Waals surface area contributed by atoms with Gasteiger partial charge in [-0.05, 0) is 23.3 Å². The molecule has 0 saturated carbocycles. The molecule has 0 aliphatic rings. The van der Waals surface area contributed by atoms with Crippen molar-refractivity contribution >= 4 is 12.2 Å². The Morgan fingerprint density at radius 3 is 1.87 bits per heavy atom. The zero-order valence-electron chi connectivity index (χ0n) is 13.6. The van der Waals surface area contributed by atoms with E-state index in [0.29, 0.717) is 22.6 Å². The van der Waals surface area contributed by atoms with Crippen molar-refractivity contribution < 1.29 is 19.1 Å². The Hall–Kier alpha value is -2.82. The van der Waals surface area contributed by atoms with Gasteiger partial charge < -0.3 is 14.4 Å². The SMILES string of the molecule is COc1cc(-c2ccc(C=O)cc2)cc(OC)c1C(=O)N(C)C. The molecule has 1 amide bonds. The number of aldehydes is 1. The van der Waals surface area contributed by atoms with Gasteiger partial charge in [-0.1, -0.05) is 24.3 Å². The van der Waals surface area contributed by atoms with Crippen LogP contribution < -0.4 is 9.47 Å². The van der Waals surface area contributed by atoms with Crippen LogP contribution in [0.1, 0.15) is 20.7 Å². The summed E-state index contributed by atoms with van der Waals surface area (Å²) in [6.45, 7) is 0. The largest absolute Gasteiger partial charge is 0.496 e.